The van der Waals surface area contributed by atoms with Crippen LogP contribution in [0.25, 0.3) is 0 Å². The van der Waals surface area contributed by atoms with Crippen molar-refractivity contribution in [2.24, 2.45) is 10.8 Å². The second kappa shape index (κ2) is 7.75. The number of hydrogen-bond donors (Lipinski definition) is 2. The molecule has 7 heteroatoms. The standard InChI is InChI=1S/C26H31NO6/c1-25(2)9-15-23(18(29)11-25)22(14-6-7-20(33-5)17(28)8-14)24-16(27(15)13-21(31)32)10-26(3,4)12-19(24)30/h6-8,22,28H,9-13H2,1-5H3,(H,31,32). The second-order valence-corrected chi connectivity index (χ2v) is 10.9. The third kappa shape index (κ3) is 4.05. The monoisotopic (exact) mass is 453 g/mol. The van der Waals surface area contributed by atoms with Crippen LogP contribution in [0.3, 0.4) is 0 Å². The molecule has 176 valence electrons. The number of rotatable bonds is 4. The molecule has 0 amide bonds. The Kier molecular flexibility index (Phi) is 5.42. The summed E-state index contributed by atoms with van der Waals surface area (Å²) in [7, 11) is 1.46. The minimum absolute atomic E-state index is 0.0700. The molecule has 33 heavy (non-hydrogen) atoms. The topological polar surface area (TPSA) is 104 Å². The molecule has 1 heterocycles. The smallest absolute Gasteiger partial charge is 0.323 e. The Hall–Kier alpha value is -3.09. The van der Waals surface area contributed by atoms with Crippen molar-refractivity contribution in [1.82, 2.24) is 4.90 Å². The van der Waals surface area contributed by atoms with Crippen molar-refractivity contribution in [3.8, 4) is 11.5 Å². The predicted octanol–water partition coefficient (Wildman–Crippen LogP) is 4.17. The summed E-state index contributed by atoms with van der Waals surface area (Å²) in [6.07, 6.45) is 1.69. The lowest BCUT2D eigenvalue weighted by Crippen LogP contribution is -2.45. The van der Waals surface area contributed by atoms with Gasteiger partial charge in [0.1, 0.15) is 6.54 Å². The highest BCUT2D eigenvalue weighted by molar-refractivity contribution is 6.07. The molecule has 3 aliphatic rings. The van der Waals surface area contributed by atoms with E-state index in [9.17, 15) is 24.6 Å². The molecule has 0 radical (unpaired) electrons. The van der Waals surface area contributed by atoms with Crippen molar-refractivity contribution in [3.63, 3.8) is 0 Å². The van der Waals surface area contributed by atoms with Crippen LogP contribution in [-0.2, 0) is 14.4 Å². The van der Waals surface area contributed by atoms with Gasteiger partial charge in [-0.05, 0) is 41.4 Å². The minimum atomic E-state index is -1.01. The van der Waals surface area contributed by atoms with Crippen molar-refractivity contribution in [2.75, 3.05) is 13.7 Å². The van der Waals surface area contributed by atoms with E-state index in [1.807, 2.05) is 27.7 Å². The number of carbonyl (C=O) groups is 3. The van der Waals surface area contributed by atoms with Gasteiger partial charge in [-0.3, -0.25) is 14.4 Å². The van der Waals surface area contributed by atoms with Crippen LogP contribution in [0.4, 0.5) is 0 Å². The predicted molar refractivity (Wildman–Crippen MR) is 122 cm³/mol. The zero-order valence-corrected chi connectivity index (χ0v) is 19.8. The first-order valence-electron chi connectivity index (χ1n) is 11.2. The highest BCUT2D eigenvalue weighted by Crippen LogP contribution is 2.54. The van der Waals surface area contributed by atoms with Gasteiger partial charge in [0.05, 0.1) is 7.11 Å². The van der Waals surface area contributed by atoms with Gasteiger partial charge in [0, 0.05) is 41.3 Å². The van der Waals surface area contributed by atoms with Crippen molar-refractivity contribution in [3.05, 3.63) is 46.3 Å². The fraction of sp³-hybridized carbons (Fsp3) is 0.500. The molecular formula is C26H31NO6. The molecule has 2 N–H and O–H groups in total. The van der Waals surface area contributed by atoms with E-state index in [0.717, 1.165) is 0 Å². The van der Waals surface area contributed by atoms with Crippen LogP contribution in [0.2, 0.25) is 0 Å². The number of phenolic OH excluding ortho intramolecular Hbond substituents is 1. The maximum Gasteiger partial charge on any atom is 0.323 e. The molecule has 1 aromatic rings. The highest BCUT2D eigenvalue weighted by atomic mass is 16.5. The normalized spacial score (nSPS) is 22.3. The minimum Gasteiger partial charge on any atom is -0.504 e. The number of carboxylic acids is 1. The third-order valence-corrected chi connectivity index (χ3v) is 6.85. The number of hydrogen-bond acceptors (Lipinski definition) is 6. The molecule has 1 aliphatic heterocycles. The van der Waals surface area contributed by atoms with Crippen molar-refractivity contribution < 1.29 is 29.3 Å². The van der Waals surface area contributed by atoms with Gasteiger partial charge in [0.15, 0.2) is 23.1 Å². The van der Waals surface area contributed by atoms with Gasteiger partial charge in [-0.1, -0.05) is 33.8 Å². The maximum absolute atomic E-state index is 13.5. The van der Waals surface area contributed by atoms with Crippen LogP contribution in [0.1, 0.15) is 64.9 Å². The van der Waals surface area contributed by atoms with Crippen molar-refractivity contribution >= 4 is 17.5 Å². The summed E-state index contributed by atoms with van der Waals surface area (Å²) in [4.78, 5) is 40.6. The molecule has 0 spiro atoms. The van der Waals surface area contributed by atoms with Crippen LogP contribution >= 0.6 is 0 Å². The lowest BCUT2D eigenvalue weighted by molar-refractivity contribution is -0.138. The van der Waals surface area contributed by atoms with E-state index in [-0.39, 0.29) is 34.7 Å². The molecule has 0 bridgehead atoms. The van der Waals surface area contributed by atoms with Crippen LogP contribution in [0.15, 0.2) is 40.7 Å². The highest BCUT2D eigenvalue weighted by Gasteiger charge is 2.49. The molecule has 0 aromatic heterocycles. The van der Waals surface area contributed by atoms with E-state index in [0.29, 0.717) is 59.5 Å². The zero-order valence-electron chi connectivity index (χ0n) is 19.8. The Labute approximate surface area is 193 Å². The summed E-state index contributed by atoms with van der Waals surface area (Å²) in [6, 6.07) is 4.94. The van der Waals surface area contributed by atoms with Gasteiger partial charge in [-0.2, -0.15) is 0 Å². The van der Waals surface area contributed by atoms with Crippen molar-refractivity contribution in [2.45, 2.75) is 59.3 Å². The van der Waals surface area contributed by atoms with Crippen LogP contribution in [0.5, 0.6) is 11.5 Å². The Balaban J connectivity index is 2.01. The third-order valence-electron chi connectivity index (χ3n) is 6.85. The molecular weight excluding hydrogens is 422 g/mol. The van der Waals surface area contributed by atoms with Gasteiger partial charge in [-0.15, -0.1) is 0 Å². The number of ketones is 2. The molecule has 1 aromatic carbocycles. The summed E-state index contributed by atoms with van der Waals surface area (Å²) < 4.78 is 5.18. The number of ether oxygens (including phenoxy) is 1. The number of carbonyl (C=O) groups excluding carboxylic acids is 2. The Morgan fingerprint density at radius 1 is 1.00 bits per heavy atom. The number of aliphatic carboxylic acids is 1. The van der Waals surface area contributed by atoms with E-state index in [1.54, 1.807) is 23.1 Å². The first-order chi connectivity index (χ1) is 15.3. The van der Waals surface area contributed by atoms with E-state index in [1.165, 1.54) is 7.11 Å². The van der Waals surface area contributed by atoms with E-state index in [4.69, 9.17) is 4.74 Å². The number of allylic oxidation sites excluding steroid dienone is 4. The Bertz CT molecular complexity index is 1070. The summed E-state index contributed by atoms with van der Waals surface area (Å²) in [5, 5.41) is 20.2. The fourth-order valence-corrected chi connectivity index (χ4v) is 5.59. The van der Waals surface area contributed by atoms with Gasteiger partial charge >= 0.3 is 5.97 Å². The first kappa shape index (κ1) is 23.1. The number of aromatic hydroxyl groups is 1. The summed E-state index contributed by atoms with van der Waals surface area (Å²) >= 11 is 0. The molecule has 0 saturated heterocycles. The van der Waals surface area contributed by atoms with E-state index >= 15 is 0 Å². The van der Waals surface area contributed by atoms with Gasteiger partial charge in [0.25, 0.3) is 0 Å². The van der Waals surface area contributed by atoms with Gasteiger partial charge in [-0.25, -0.2) is 0 Å². The second-order valence-electron chi connectivity index (χ2n) is 10.9. The Morgan fingerprint density at radius 2 is 1.52 bits per heavy atom. The SMILES string of the molecule is COc1ccc(C2C3=C(CC(C)(C)CC3=O)N(CC(=O)O)C3=C2C(=O)CC(C)(C)C3)cc1O. The fourth-order valence-electron chi connectivity index (χ4n) is 5.59. The quantitative estimate of drug-likeness (QED) is 0.705. The molecule has 7 nitrogen and oxygen atoms in total. The first-order valence-corrected chi connectivity index (χ1v) is 11.2. The van der Waals surface area contributed by atoms with Gasteiger partial charge in [0.2, 0.25) is 0 Å². The number of methoxy groups -OCH3 is 1. The van der Waals surface area contributed by atoms with Crippen molar-refractivity contribution in [1.29, 1.82) is 0 Å². The largest absolute Gasteiger partial charge is 0.504 e. The molecule has 0 atom stereocenters. The van der Waals surface area contributed by atoms with E-state index < -0.39 is 11.9 Å². The Morgan fingerprint density at radius 3 is 1.94 bits per heavy atom. The summed E-state index contributed by atoms with van der Waals surface area (Å²) in [6.45, 7) is 7.71. The molecule has 0 fully saturated rings. The number of benzene rings is 1. The average molecular weight is 454 g/mol. The number of Topliss-reactive ketones (excluding diaryl/α,β-unsaturated/α-hetero) is 2. The summed E-state index contributed by atoms with van der Waals surface area (Å²) in [5.74, 6) is -1.58. The van der Waals surface area contributed by atoms with Crippen LogP contribution in [0, 0.1) is 10.8 Å². The van der Waals surface area contributed by atoms with Gasteiger partial charge < -0.3 is 19.8 Å². The summed E-state index contributed by atoms with van der Waals surface area (Å²) in [5.41, 5.74) is 2.30. The maximum atomic E-state index is 13.5. The van der Waals surface area contributed by atoms with Crippen LogP contribution in [-0.4, -0.2) is 46.3 Å². The van der Waals surface area contributed by atoms with E-state index in [2.05, 4.69) is 0 Å². The average Bonchev–Trinajstić information content (AvgIpc) is 2.67. The number of nitrogens with zero attached hydrogens (tertiary/aromatic N) is 1. The molecule has 0 saturated carbocycles. The molecule has 2 aliphatic carbocycles. The van der Waals surface area contributed by atoms with Crippen LogP contribution < -0.4 is 4.74 Å². The molecule has 0 unspecified atom stereocenters. The zero-order chi connectivity index (χ0) is 24.3. The number of phenols is 1. The molecule has 4 rings (SSSR count). The number of carboxylic acid groups (broad SMARTS) is 1. The lowest BCUT2D eigenvalue weighted by Gasteiger charge is -2.48. The lowest BCUT2D eigenvalue weighted by atomic mass is 9.63.